The SMILES string of the molecule is Cc1csc([C@](O)(CC(=O)N2CCc3[nH]c4ccccc4c3C2)C(F)(F)F)n1. The molecule has 9 heteroatoms. The Bertz CT molecular complexity index is 1040. The summed E-state index contributed by atoms with van der Waals surface area (Å²) in [6.07, 6.45) is -5.56. The number of halogens is 3. The van der Waals surface area contributed by atoms with Crippen LogP contribution in [-0.2, 0) is 23.4 Å². The lowest BCUT2D eigenvalue weighted by Gasteiger charge is -2.32. The molecule has 1 atom stereocenters. The second kappa shape index (κ2) is 6.59. The molecule has 2 aromatic heterocycles. The Morgan fingerprint density at radius 3 is 2.79 bits per heavy atom. The van der Waals surface area contributed by atoms with Crippen LogP contribution < -0.4 is 0 Å². The topological polar surface area (TPSA) is 69.2 Å². The number of aromatic amines is 1. The molecule has 0 spiro atoms. The zero-order valence-corrected chi connectivity index (χ0v) is 15.8. The Morgan fingerprint density at radius 1 is 1.36 bits per heavy atom. The first kappa shape index (κ1) is 18.9. The molecule has 3 aromatic rings. The number of H-pyrrole nitrogens is 1. The fourth-order valence-electron chi connectivity index (χ4n) is 3.55. The normalized spacial score (nSPS) is 16.8. The molecule has 28 heavy (non-hydrogen) atoms. The van der Waals surface area contributed by atoms with Crippen LogP contribution in [0.3, 0.4) is 0 Å². The summed E-state index contributed by atoms with van der Waals surface area (Å²) in [5.74, 6) is -0.747. The van der Waals surface area contributed by atoms with Gasteiger partial charge in [0.05, 0.1) is 6.42 Å². The maximum absolute atomic E-state index is 13.7. The van der Waals surface area contributed by atoms with Gasteiger partial charge >= 0.3 is 6.18 Å². The Balaban J connectivity index is 1.61. The number of carbonyl (C=O) groups is 1. The summed E-state index contributed by atoms with van der Waals surface area (Å²) >= 11 is 0.707. The molecule has 2 N–H and O–H groups in total. The number of carbonyl (C=O) groups excluding carboxylic acids is 1. The van der Waals surface area contributed by atoms with Gasteiger partial charge in [0, 0.05) is 52.7 Å². The van der Waals surface area contributed by atoms with Crippen LogP contribution in [0.2, 0.25) is 0 Å². The van der Waals surface area contributed by atoms with Crippen molar-refractivity contribution in [3.8, 4) is 0 Å². The number of fused-ring (bicyclic) bond motifs is 3. The molecule has 148 valence electrons. The highest BCUT2D eigenvalue weighted by molar-refractivity contribution is 7.09. The van der Waals surface area contributed by atoms with Crippen LogP contribution in [0.15, 0.2) is 29.6 Å². The molecule has 0 bridgehead atoms. The number of hydrogen-bond acceptors (Lipinski definition) is 4. The summed E-state index contributed by atoms with van der Waals surface area (Å²) < 4.78 is 41.0. The van der Waals surface area contributed by atoms with Crippen molar-refractivity contribution in [3.63, 3.8) is 0 Å². The fourth-order valence-corrected chi connectivity index (χ4v) is 4.47. The number of benzene rings is 1. The van der Waals surface area contributed by atoms with E-state index < -0.39 is 29.1 Å². The highest BCUT2D eigenvalue weighted by atomic mass is 32.1. The molecule has 0 saturated carbocycles. The van der Waals surface area contributed by atoms with E-state index >= 15 is 0 Å². The molecule has 1 amide bonds. The lowest BCUT2D eigenvalue weighted by atomic mass is 9.97. The Kier molecular flexibility index (Phi) is 4.46. The van der Waals surface area contributed by atoms with Crippen LogP contribution in [0, 0.1) is 6.92 Å². The monoisotopic (exact) mass is 409 g/mol. The summed E-state index contributed by atoms with van der Waals surface area (Å²) in [7, 11) is 0. The standard InChI is InChI=1S/C19H18F3N3O2S/c1-11-10-28-17(23-11)18(27,19(20,21)22)8-16(26)25-7-6-15-13(9-25)12-4-2-3-5-14(12)24-15/h2-5,10,24,27H,6-9H2,1H3/t18-/m1/s1. The zero-order chi connectivity index (χ0) is 20.1. The van der Waals surface area contributed by atoms with E-state index in [0.29, 0.717) is 30.0 Å². The van der Waals surface area contributed by atoms with E-state index in [2.05, 4.69) is 9.97 Å². The Morgan fingerprint density at radius 2 is 2.11 bits per heavy atom. The number of aromatic nitrogens is 2. The fraction of sp³-hybridized carbons (Fsp3) is 0.368. The number of aryl methyl sites for hydroxylation is 1. The summed E-state index contributed by atoms with van der Waals surface area (Å²) in [4.78, 5) is 21.2. The molecule has 1 aliphatic heterocycles. The van der Waals surface area contributed by atoms with Gasteiger partial charge in [-0.1, -0.05) is 18.2 Å². The predicted octanol–water partition coefficient (Wildman–Crippen LogP) is 3.66. The smallest absolute Gasteiger partial charge is 0.374 e. The van der Waals surface area contributed by atoms with Crippen molar-refractivity contribution in [3.05, 3.63) is 51.6 Å². The summed E-state index contributed by atoms with van der Waals surface area (Å²) in [5, 5.41) is 12.3. The minimum Gasteiger partial charge on any atom is -0.374 e. The van der Waals surface area contributed by atoms with Crippen LogP contribution in [0.25, 0.3) is 10.9 Å². The maximum atomic E-state index is 13.7. The van der Waals surface area contributed by atoms with E-state index in [1.54, 1.807) is 6.92 Å². The van der Waals surface area contributed by atoms with Crippen LogP contribution in [0.5, 0.6) is 0 Å². The largest absolute Gasteiger partial charge is 0.424 e. The number of alkyl halides is 3. The molecule has 5 nitrogen and oxygen atoms in total. The van der Waals surface area contributed by atoms with Crippen molar-refractivity contribution in [1.29, 1.82) is 0 Å². The summed E-state index contributed by atoms with van der Waals surface area (Å²) in [5.41, 5.74) is -0.0742. The van der Waals surface area contributed by atoms with Crippen LogP contribution in [0.4, 0.5) is 13.2 Å². The third-order valence-electron chi connectivity index (χ3n) is 5.08. The highest BCUT2D eigenvalue weighted by Gasteiger charge is 2.58. The second-order valence-corrected chi connectivity index (χ2v) is 7.88. The number of nitrogens with one attached hydrogen (secondary N) is 1. The number of thiazole rings is 1. The van der Waals surface area contributed by atoms with Crippen molar-refractivity contribution in [2.24, 2.45) is 0 Å². The Hall–Kier alpha value is -2.39. The molecule has 1 aliphatic rings. The van der Waals surface area contributed by atoms with Gasteiger partial charge in [-0.05, 0) is 13.0 Å². The van der Waals surface area contributed by atoms with E-state index in [4.69, 9.17) is 0 Å². The van der Waals surface area contributed by atoms with Crippen molar-refractivity contribution in [2.45, 2.75) is 38.1 Å². The first-order valence-electron chi connectivity index (χ1n) is 8.77. The molecule has 4 rings (SSSR count). The van der Waals surface area contributed by atoms with Crippen LogP contribution >= 0.6 is 11.3 Å². The predicted molar refractivity (Wildman–Crippen MR) is 98.8 cm³/mol. The first-order valence-corrected chi connectivity index (χ1v) is 9.65. The van der Waals surface area contributed by atoms with Gasteiger partial charge in [0.2, 0.25) is 11.5 Å². The molecule has 0 aliphatic carbocycles. The minimum absolute atomic E-state index is 0.211. The number of nitrogens with zero attached hydrogens (tertiary/aromatic N) is 2. The maximum Gasteiger partial charge on any atom is 0.424 e. The molecule has 1 aromatic carbocycles. The number of amides is 1. The van der Waals surface area contributed by atoms with E-state index in [-0.39, 0.29) is 6.54 Å². The lowest BCUT2D eigenvalue weighted by Crippen LogP contribution is -2.47. The number of hydrogen-bond donors (Lipinski definition) is 2. The third-order valence-corrected chi connectivity index (χ3v) is 6.20. The number of para-hydroxylation sites is 1. The van der Waals surface area contributed by atoms with Gasteiger partial charge < -0.3 is 15.0 Å². The van der Waals surface area contributed by atoms with Crippen molar-refractivity contribution in [1.82, 2.24) is 14.9 Å². The van der Waals surface area contributed by atoms with Gasteiger partial charge in [0.1, 0.15) is 5.01 Å². The van der Waals surface area contributed by atoms with Gasteiger partial charge in [-0.25, -0.2) is 4.98 Å². The van der Waals surface area contributed by atoms with Crippen molar-refractivity contribution >= 4 is 28.1 Å². The van der Waals surface area contributed by atoms with Gasteiger partial charge in [-0.3, -0.25) is 4.79 Å². The van der Waals surface area contributed by atoms with Crippen LogP contribution in [-0.4, -0.2) is 38.6 Å². The highest BCUT2D eigenvalue weighted by Crippen LogP contribution is 2.43. The molecule has 0 fully saturated rings. The molecule has 3 heterocycles. The number of rotatable bonds is 3. The molecule has 0 radical (unpaired) electrons. The molecule has 0 saturated heterocycles. The Labute approximate surface area is 162 Å². The molecular formula is C19H18F3N3O2S. The summed E-state index contributed by atoms with van der Waals surface area (Å²) in [6, 6.07) is 7.62. The van der Waals surface area contributed by atoms with E-state index in [1.165, 1.54) is 10.3 Å². The number of aliphatic hydroxyl groups is 1. The minimum atomic E-state index is -5.01. The molecule has 0 unspecified atom stereocenters. The second-order valence-electron chi connectivity index (χ2n) is 7.02. The van der Waals surface area contributed by atoms with Gasteiger partial charge in [-0.15, -0.1) is 11.3 Å². The third kappa shape index (κ3) is 3.08. The quantitative estimate of drug-likeness (QED) is 0.694. The average Bonchev–Trinajstić information content (AvgIpc) is 3.23. The van der Waals surface area contributed by atoms with Gasteiger partial charge in [-0.2, -0.15) is 13.2 Å². The average molecular weight is 409 g/mol. The van der Waals surface area contributed by atoms with Gasteiger partial charge in [0.25, 0.3) is 0 Å². The van der Waals surface area contributed by atoms with E-state index in [1.807, 2.05) is 24.3 Å². The lowest BCUT2D eigenvalue weighted by molar-refractivity contribution is -0.268. The van der Waals surface area contributed by atoms with Crippen molar-refractivity contribution in [2.75, 3.05) is 6.54 Å². The van der Waals surface area contributed by atoms with Crippen LogP contribution in [0.1, 0.15) is 28.4 Å². The molecular weight excluding hydrogens is 391 g/mol. The van der Waals surface area contributed by atoms with Gasteiger partial charge in [0.15, 0.2) is 0 Å². The zero-order valence-electron chi connectivity index (χ0n) is 15.0. The van der Waals surface area contributed by atoms with E-state index in [0.717, 1.165) is 22.2 Å². The first-order chi connectivity index (χ1) is 13.2. The van der Waals surface area contributed by atoms with E-state index in [9.17, 15) is 23.1 Å². The summed E-state index contributed by atoms with van der Waals surface area (Å²) in [6.45, 7) is 2.05. The van der Waals surface area contributed by atoms with Crippen molar-refractivity contribution < 1.29 is 23.1 Å².